The summed E-state index contributed by atoms with van der Waals surface area (Å²) in [6, 6.07) is -0.0312. The predicted molar refractivity (Wildman–Crippen MR) is 77.8 cm³/mol. The molecule has 130 valence electrons. The highest BCUT2D eigenvalue weighted by Gasteiger charge is 2.43. The lowest BCUT2D eigenvalue weighted by Crippen LogP contribution is -2.60. The highest BCUT2D eigenvalue weighted by atomic mass is 16.6. The van der Waals surface area contributed by atoms with Crippen LogP contribution in [0, 0.1) is 0 Å². The van der Waals surface area contributed by atoms with Crippen LogP contribution in [0.1, 0.15) is 0 Å². The van der Waals surface area contributed by atoms with Crippen LogP contribution in [-0.4, -0.2) is 74.3 Å². The maximum Gasteiger partial charge on any atom is 0.300 e. The second-order valence-electron chi connectivity index (χ2n) is 5.12. The van der Waals surface area contributed by atoms with Crippen molar-refractivity contribution >= 4 is 11.5 Å². The fourth-order valence-electron chi connectivity index (χ4n) is 2.25. The van der Waals surface area contributed by atoms with Crippen LogP contribution < -0.4 is 21.3 Å². The van der Waals surface area contributed by atoms with E-state index in [2.05, 4.69) is 10.3 Å². The zero-order valence-electron chi connectivity index (χ0n) is 12.6. The number of rotatable bonds is 4. The number of nitrogens with one attached hydrogen (secondary N) is 1. The van der Waals surface area contributed by atoms with Gasteiger partial charge in [-0.3, -0.25) is 9.36 Å². The minimum Gasteiger partial charge on any atom is -0.468 e. The minimum absolute atomic E-state index is 0.0312. The van der Waals surface area contributed by atoms with Crippen LogP contribution >= 0.6 is 0 Å². The third-order valence-electron chi connectivity index (χ3n) is 3.64. The third-order valence-corrected chi connectivity index (χ3v) is 3.64. The van der Waals surface area contributed by atoms with Gasteiger partial charge >= 0.3 is 6.01 Å². The van der Waals surface area contributed by atoms with Gasteiger partial charge in [-0.15, -0.1) is 0 Å². The molecule has 1 fully saturated rings. The maximum absolute atomic E-state index is 12.0. The van der Waals surface area contributed by atoms with E-state index in [-0.39, 0.29) is 17.5 Å². The van der Waals surface area contributed by atoms with Gasteiger partial charge in [0.25, 0.3) is 5.56 Å². The molecule has 0 amide bonds. The van der Waals surface area contributed by atoms with Crippen LogP contribution in [0.4, 0.5) is 11.5 Å². The lowest BCUT2D eigenvalue weighted by molar-refractivity contribution is -0.221. The smallest absolute Gasteiger partial charge is 0.300 e. The summed E-state index contributed by atoms with van der Waals surface area (Å²) in [5.41, 5.74) is 4.86. The zero-order valence-corrected chi connectivity index (χ0v) is 12.6. The molecule has 0 spiro atoms. The highest BCUT2D eigenvalue weighted by molar-refractivity contribution is 5.60. The van der Waals surface area contributed by atoms with Crippen LogP contribution in [0.25, 0.3) is 0 Å². The van der Waals surface area contributed by atoms with E-state index in [1.807, 2.05) is 0 Å². The van der Waals surface area contributed by atoms with Crippen LogP contribution in [-0.2, 0) is 11.8 Å². The monoisotopic (exact) mass is 332 g/mol. The van der Waals surface area contributed by atoms with Gasteiger partial charge in [0.15, 0.2) is 12.0 Å². The molecule has 2 rings (SSSR count). The lowest BCUT2D eigenvalue weighted by atomic mass is 9.98. The van der Waals surface area contributed by atoms with Crippen LogP contribution in [0.2, 0.25) is 0 Å². The van der Waals surface area contributed by atoms with Gasteiger partial charge < -0.3 is 41.0 Å². The Morgan fingerprint density at radius 1 is 1.35 bits per heavy atom. The normalized spacial score (nSPS) is 31.0. The Hall–Kier alpha value is -1.92. The summed E-state index contributed by atoms with van der Waals surface area (Å²) in [4.78, 5) is 16.0. The van der Waals surface area contributed by atoms with Crippen molar-refractivity contribution in [2.45, 2.75) is 30.6 Å². The van der Waals surface area contributed by atoms with Crippen molar-refractivity contribution in [1.29, 1.82) is 0 Å². The van der Waals surface area contributed by atoms with E-state index in [1.165, 1.54) is 14.2 Å². The molecule has 0 bridgehead atoms. The second-order valence-corrected chi connectivity index (χ2v) is 5.12. The molecule has 1 saturated heterocycles. The number of ether oxygens (including phenoxy) is 2. The number of nitrogen functional groups attached to an aromatic ring is 1. The molecule has 2 heterocycles. The van der Waals surface area contributed by atoms with Crippen LogP contribution in [0.3, 0.4) is 0 Å². The van der Waals surface area contributed by atoms with Crippen molar-refractivity contribution in [2.24, 2.45) is 7.05 Å². The quantitative estimate of drug-likeness (QED) is 0.326. The topological polar surface area (TPSA) is 172 Å². The van der Waals surface area contributed by atoms with Crippen molar-refractivity contribution in [2.75, 3.05) is 24.8 Å². The molecule has 1 aliphatic heterocycles. The Morgan fingerprint density at radius 3 is 2.57 bits per heavy atom. The first-order valence-corrected chi connectivity index (χ1v) is 6.79. The van der Waals surface area contributed by atoms with E-state index < -0.39 is 42.8 Å². The number of aliphatic hydroxyl groups is 4. The summed E-state index contributed by atoms with van der Waals surface area (Å²) >= 11 is 0. The molecule has 0 saturated carbocycles. The average Bonchev–Trinajstić information content (AvgIpc) is 2.55. The van der Waals surface area contributed by atoms with Crippen molar-refractivity contribution in [3.05, 3.63) is 10.4 Å². The Labute approximate surface area is 130 Å². The molecule has 11 nitrogen and oxygen atoms in total. The van der Waals surface area contributed by atoms with E-state index in [9.17, 15) is 20.1 Å². The minimum atomic E-state index is -1.56. The fraction of sp³-hybridized carbons (Fsp3) is 0.667. The third kappa shape index (κ3) is 3.09. The lowest BCUT2D eigenvalue weighted by Gasteiger charge is -2.40. The van der Waals surface area contributed by atoms with Gasteiger partial charge in [0.1, 0.15) is 30.1 Å². The van der Waals surface area contributed by atoms with Gasteiger partial charge in [-0.05, 0) is 0 Å². The molecule has 5 atom stereocenters. The molecule has 0 aromatic carbocycles. The van der Waals surface area contributed by atoms with E-state index in [1.54, 1.807) is 0 Å². The Bertz CT molecular complexity index is 620. The first-order valence-electron chi connectivity index (χ1n) is 6.79. The summed E-state index contributed by atoms with van der Waals surface area (Å²) in [6.45, 7) is -0.577. The number of aromatic nitrogens is 2. The van der Waals surface area contributed by atoms with Gasteiger partial charge in [-0.25, -0.2) is 0 Å². The number of hydrogen-bond acceptors (Lipinski definition) is 10. The molecule has 23 heavy (non-hydrogen) atoms. The zero-order chi connectivity index (χ0) is 17.3. The van der Waals surface area contributed by atoms with Gasteiger partial charge in [0, 0.05) is 7.05 Å². The molecule has 1 aromatic heterocycles. The molecule has 7 N–H and O–H groups in total. The average molecular weight is 332 g/mol. The van der Waals surface area contributed by atoms with Gasteiger partial charge in [0.2, 0.25) is 0 Å². The highest BCUT2D eigenvalue weighted by Crippen LogP contribution is 2.24. The van der Waals surface area contributed by atoms with Gasteiger partial charge in [0.05, 0.1) is 13.7 Å². The van der Waals surface area contributed by atoms with E-state index in [0.29, 0.717) is 0 Å². The largest absolute Gasteiger partial charge is 0.468 e. The Kier molecular flexibility index (Phi) is 5.06. The summed E-state index contributed by atoms with van der Waals surface area (Å²) in [6.07, 6.45) is -6.94. The molecule has 0 unspecified atom stereocenters. The standard InChI is InChI=1S/C12H20N4O7/c1-16-11(21)5(13)9(15-12(16)22-2)14-10-8(20)7(19)6(18)4(3-17)23-10/h4,6-8,10,14,17-20H,3,13H2,1-2H3/t4-,6-,7+,8-,10-/m1/s1. The van der Waals surface area contributed by atoms with E-state index in [4.69, 9.17) is 20.3 Å². The summed E-state index contributed by atoms with van der Waals surface area (Å²) in [5, 5.41) is 41.1. The number of nitrogens with zero attached hydrogens (tertiary/aromatic N) is 2. The molecule has 11 heteroatoms. The van der Waals surface area contributed by atoms with Crippen LogP contribution in [0.5, 0.6) is 6.01 Å². The fourth-order valence-corrected chi connectivity index (χ4v) is 2.25. The van der Waals surface area contributed by atoms with E-state index in [0.717, 1.165) is 4.57 Å². The van der Waals surface area contributed by atoms with Crippen molar-refractivity contribution in [3.8, 4) is 6.01 Å². The number of hydrogen-bond donors (Lipinski definition) is 6. The Balaban J connectivity index is 2.31. The summed E-state index contributed by atoms with van der Waals surface area (Å²) < 4.78 is 11.3. The number of aliphatic hydroxyl groups excluding tert-OH is 4. The van der Waals surface area contributed by atoms with E-state index >= 15 is 0 Å². The number of anilines is 2. The second kappa shape index (κ2) is 6.68. The molecule has 0 radical (unpaired) electrons. The SMILES string of the molecule is COc1nc(N[C@@H]2O[C@H](CO)[C@@H](O)[C@H](O)[C@H]2O)c(N)c(=O)n1C. The van der Waals surface area contributed by atoms with Crippen LogP contribution in [0.15, 0.2) is 4.79 Å². The number of methoxy groups -OCH3 is 1. The van der Waals surface area contributed by atoms with Gasteiger partial charge in [-0.2, -0.15) is 4.98 Å². The molecule has 0 aliphatic carbocycles. The summed E-state index contributed by atoms with van der Waals surface area (Å²) in [7, 11) is 2.73. The molecular weight excluding hydrogens is 312 g/mol. The first kappa shape index (κ1) is 17.4. The predicted octanol–water partition coefficient (Wildman–Crippen LogP) is -3.42. The Morgan fingerprint density at radius 2 is 2.00 bits per heavy atom. The van der Waals surface area contributed by atoms with Crippen molar-refractivity contribution in [3.63, 3.8) is 0 Å². The maximum atomic E-state index is 12.0. The van der Waals surface area contributed by atoms with Crippen molar-refractivity contribution in [1.82, 2.24) is 9.55 Å². The molecule has 1 aliphatic rings. The first-order chi connectivity index (χ1) is 10.8. The van der Waals surface area contributed by atoms with Crippen molar-refractivity contribution < 1.29 is 29.9 Å². The summed E-state index contributed by atoms with van der Waals surface area (Å²) in [5.74, 6) is -0.116. The molecule has 1 aromatic rings. The van der Waals surface area contributed by atoms with Gasteiger partial charge in [-0.1, -0.05) is 0 Å². The number of nitrogens with two attached hydrogens (primary N) is 1. The molecular formula is C12H20N4O7.